The number of amides is 1. The number of nitrogens with one attached hydrogen (secondary N) is 1. The van der Waals surface area contributed by atoms with Crippen LogP contribution in [0, 0.1) is 6.92 Å². The van der Waals surface area contributed by atoms with Crippen molar-refractivity contribution in [2.75, 3.05) is 12.0 Å². The number of aryl methyl sites for hydroxylation is 1. The van der Waals surface area contributed by atoms with Gasteiger partial charge < -0.3 is 4.90 Å². The first-order valence-corrected chi connectivity index (χ1v) is 9.15. The molecule has 4 heteroatoms. The van der Waals surface area contributed by atoms with Crippen LogP contribution in [-0.4, -0.2) is 34.9 Å². The minimum absolute atomic E-state index is 0.0140. The van der Waals surface area contributed by atoms with Crippen molar-refractivity contribution in [3.05, 3.63) is 35.4 Å². The van der Waals surface area contributed by atoms with E-state index in [4.69, 9.17) is 0 Å². The monoisotopic (exact) mass is 306 g/mol. The Bertz CT molecular complexity index is 474. The molecular formula is C17H26N2OS. The van der Waals surface area contributed by atoms with Crippen molar-refractivity contribution < 1.29 is 4.79 Å². The Labute approximate surface area is 132 Å². The zero-order valence-corrected chi connectivity index (χ0v) is 14.2. The SMILES string of the molecule is CCC1NC(c2ccc(C)cc2)N(C(CC)CSC)C1=O. The highest BCUT2D eigenvalue weighted by Gasteiger charge is 2.41. The largest absolute Gasteiger partial charge is 0.318 e. The summed E-state index contributed by atoms with van der Waals surface area (Å²) in [4.78, 5) is 14.8. The summed E-state index contributed by atoms with van der Waals surface area (Å²) in [5.74, 6) is 1.24. The third-order valence-corrected chi connectivity index (χ3v) is 4.93. The standard InChI is InChI=1S/C17H26N2OS/c1-5-14(11-21-4)19-16(18-15(6-2)17(19)20)13-9-7-12(3)8-10-13/h7-10,14-16,18H,5-6,11H2,1-4H3. The zero-order valence-electron chi connectivity index (χ0n) is 13.4. The Hall–Kier alpha value is -1.00. The predicted octanol–water partition coefficient (Wildman–Crippen LogP) is 3.35. The third kappa shape index (κ3) is 3.43. The fourth-order valence-corrected chi connectivity index (χ4v) is 3.71. The van der Waals surface area contributed by atoms with Gasteiger partial charge >= 0.3 is 0 Å². The molecule has 2 rings (SSSR count). The van der Waals surface area contributed by atoms with E-state index in [1.54, 1.807) is 0 Å². The molecule has 0 aliphatic carbocycles. The summed E-state index contributed by atoms with van der Waals surface area (Å²) in [5.41, 5.74) is 2.43. The lowest BCUT2D eigenvalue weighted by Gasteiger charge is -2.32. The molecule has 0 radical (unpaired) electrons. The number of carbonyl (C=O) groups is 1. The van der Waals surface area contributed by atoms with Gasteiger partial charge in [-0.05, 0) is 31.6 Å². The molecule has 0 spiro atoms. The lowest BCUT2D eigenvalue weighted by molar-refractivity contribution is -0.132. The number of hydrogen-bond donors (Lipinski definition) is 1. The molecule has 3 unspecified atom stereocenters. The third-order valence-electron chi connectivity index (χ3n) is 4.21. The molecule has 21 heavy (non-hydrogen) atoms. The van der Waals surface area contributed by atoms with Gasteiger partial charge in [-0.15, -0.1) is 0 Å². The van der Waals surface area contributed by atoms with Crippen molar-refractivity contribution in [2.45, 2.75) is 51.9 Å². The Morgan fingerprint density at radius 1 is 1.29 bits per heavy atom. The smallest absolute Gasteiger partial charge is 0.241 e. The van der Waals surface area contributed by atoms with Crippen LogP contribution >= 0.6 is 11.8 Å². The number of nitrogens with zero attached hydrogens (tertiary/aromatic N) is 1. The van der Waals surface area contributed by atoms with Crippen LogP contribution in [0.3, 0.4) is 0 Å². The average Bonchev–Trinajstić information content (AvgIpc) is 2.82. The van der Waals surface area contributed by atoms with Gasteiger partial charge in [-0.3, -0.25) is 10.1 Å². The minimum atomic E-state index is -0.0489. The Morgan fingerprint density at radius 3 is 2.48 bits per heavy atom. The molecule has 0 bridgehead atoms. The summed E-state index contributed by atoms with van der Waals surface area (Å²) in [7, 11) is 0. The molecule has 0 saturated carbocycles. The fourth-order valence-electron chi connectivity index (χ4n) is 2.93. The van der Waals surface area contributed by atoms with Gasteiger partial charge in [0.25, 0.3) is 0 Å². The van der Waals surface area contributed by atoms with E-state index in [1.807, 2.05) is 11.8 Å². The molecule has 1 heterocycles. The summed E-state index contributed by atoms with van der Waals surface area (Å²) in [5, 5.41) is 3.52. The van der Waals surface area contributed by atoms with Gasteiger partial charge in [-0.2, -0.15) is 11.8 Å². The van der Waals surface area contributed by atoms with Crippen molar-refractivity contribution in [3.63, 3.8) is 0 Å². The van der Waals surface area contributed by atoms with E-state index in [0.717, 1.165) is 18.6 Å². The molecule has 3 nitrogen and oxygen atoms in total. The number of thioether (sulfide) groups is 1. The molecule has 3 atom stereocenters. The summed E-state index contributed by atoms with van der Waals surface area (Å²) in [6.07, 6.45) is 3.95. The van der Waals surface area contributed by atoms with Gasteiger partial charge in [-0.25, -0.2) is 0 Å². The van der Waals surface area contributed by atoms with Crippen molar-refractivity contribution in [1.82, 2.24) is 10.2 Å². The number of carbonyl (C=O) groups excluding carboxylic acids is 1. The van der Waals surface area contributed by atoms with Crippen LogP contribution in [0.5, 0.6) is 0 Å². The Kier molecular flexibility index (Phi) is 5.71. The molecule has 1 fully saturated rings. The maximum Gasteiger partial charge on any atom is 0.241 e. The first kappa shape index (κ1) is 16.4. The second-order valence-corrected chi connectivity index (χ2v) is 6.61. The first-order valence-electron chi connectivity index (χ1n) is 7.76. The first-order chi connectivity index (χ1) is 10.1. The van der Waals surface area contributed by atoms with Crippen LogP contribution in [0.2, 0.25) is 0 Å². The summed E-state index contributed by atoms with van der Waals surface area (Å²) in [6, 6.07) is 8.76. The summed E-state index contributed by atoms with van der Waals surface area (Å²) < 4.78 is 0. The van der Waals surface area contributed by atoms with Crippen molar-refractivity contribution in [1.29, 1.82) is 0 Å². The van der Waals surface area contributed by atoms with Crippen LogP contribution in [-0.2, 0) is 4.79 Å². The highest BCUT2D eigenvalue weighted by Crippen LogP contribution is 2.30. The topological polar surface area (TPSA) is 32.3 Å². The lowest BCUT2D eigenvalue weighted by atomic mass is 10.1. The average molecular weight is 306 g/mol. The highest BCUT2D eigenvalue weighted by atomic mass is 32.2. The molecule has 0 aromatic heterocycles. The number of hydrogen-bond acceptors (Lipinski definition) is 3. The molecule has 1 aliphatic rings. The number of rotatable bonds is 6. The molecule has 1 aliphatic heterocycles. The maximum absolute atomic E-state index is 12.7. The maximum atomic E-state index is 12.7. The Balaban J connectivity index is 2.31. The molecule has 1 amide bonds. The van der Waals surface area contributed by atoms with Gasteiger partial charge in [0.2, 0.25) is 5.91 Å². The van der Waals surface area contributed by atoms with Crippen LogP contribution < -0.4 is 5.32 Å². The van der Waals surface area contributed by atoms with E-state index in [1.165, 1.54) is 11.1 Å². The van der Waals surface area contributed by atoms with Crippen molar-refractivity contribution in [2.24, 2.45) is 0 Å². The van der Waals surface area contributed by atoms with E-state index < -0.39 is 0 Å². The van der Waals surface area contributed by atoms with E-state index >= 15 is 0 Å². The minimum Gasteiger partial charge on any atom is -0.318 e. The molecule has 1 saturated heterocycles. The van der Waals surface area contributed by atoms with E-state index in [2.05, 4.69) is 61.5 Å². The van der Waals surface area contributed by atoms with Gasteiger partial charge in [0.1, 0.15) is 6.17 Å². The summed E-state index contributed by atoms with van der Waals surface area (Å²) in [6.45, 7) is 6.33. The van der Waals surface area contributed by atoms with Crippen LogP contribution in [0.15, 0.2) is 24.3 Å². The van der Waals surface area contributed by atoms with Gasteiger partial charge in [0, 0.05) is 11.8 Å². The van der Waals surface area contributed by atoms with Crippen LogP contribution in [0.25, 0.3) is 0 Å². The molecule has 116 valence electrons. The van der Waals surface area contributed by atoms with Crippen LogP contribution in [0.1, 0.15) is 44.0 Å². The zero-order chi connectivity index (χ0) is 15.4. The quantitative estimate of drug-likeness (QED) is 0.875. The second kappa shape index (κ2) is 7.32. The van der Waals surface area contributed by atoms with E-state index in [9.17, 15) is 4.79 Å². The van der Waals surface area contributed by atoms with Crippen molar-refractivity contribution >= 4 is 17.7 Å². The Morgan fingerprint density at radius 2 is 1.95 bits per heavy atom. The van der Waals surface area contributed by atoms with Crippen LogP contribution in [0.4, 0.5) is 0 Å². The second-order valence-electron chi connectivity index (χ2n) is 5.70. The summed E-state index contributed by atoms with van der Waals surface area (Å²) >= 11 is 1.81. The highest BCUT2D eigenvalue weighted by molar-refractivity contribution is 7.98. The fraction of sp³-hybridized carbons (Fsp3) is 0.588. The molecule has 1 aromatic carbocycles. The van der Waals surface area contributed by atoms with Crippen molar-refractivity contribution in [3.8, 4) is 0 Å². The van der Waals surface area contributed by atoms with Gasteiger partial charge in [-0.1, -0.05) is 43.7 Å². The molecule has 1 aromatic rings. The normalized spacial score (nSPS) is 23.6. The molecule has 1 N–H and O–H groups in total. The van der Waals surface area contributed by atoms with Gasteiger partial charge in [0.15, 0.2) is 0 Å². The van der Waals surface area contributed by atoms with Gasteiger partial charge in [0.05, 0.1) is 6.04 Å². The lowest BCUT2D eigenvalue weighted by Crippen LogP contribution is -2.41. The number of benzene rings is 1. The predicted molar refractivity (Wildman–Crippen MR) is 90.4 cm³/mol. The van der Waals surface area contributed by atoms with E-state index in [-0.39, 0.29) is 18.1 Å². The van der Waals surface area contributed by atoms with E-state index in [0.29, 0.717) is 6.04 Å². The molecular weight excluding hydrogens is 280 g/mol.